The molecule has 0 aliphatic rings. The first-order valence-corrected chi connectivity index (χ1v) is 7.37. The Kier molecular flexibility index (Phi) is 14.0. The molecule has 0 fully saturated rings. The Morgan fingerprint density at radius 2 is 1.17 bits per heavy atom. The highest BCUT2D eigenvalue weighted by Crippen LogP contribution is 2.11. The summed E-state index contributed by atoms with van der Waals surface area (Å²) in [6.45, 7) is 0.829. The van der Waals surface area contributed by atoms with Crippen molar-refractivity contribution in [2.45, 2.75) is 70.6 Å². The summed E-state index contributed by atoms with van der Waals surface area (Å²) in [7, 11) is 0. The Morgan fingerprint density at radius 3 is 1.61 bits per heavy atom. The quantitative estimate of drug-likeness (QED) is 0.302. The summed E-state index contributed by atoms with van der Waals surface area (Å²) in [4.78, 5) is 11.0. The molecule has 0 unspecified atom stereocenters. The van der Waals surface area contributed by atoms with Crippen molar-refractivity contribution >= 4 is 5.97 Å². The number of nitrogens with two attached hydrogens (primary N) is 2. The second kappa shape index (κ2) is 14.5. The molecular weight excluding hydrogens is 228 g/mol. The Morgan fingerprint density at radius 1 is 0.722 bits per heavy atom. The molecule has 0 rings (SSSR count). The highest BCUT2D eigenvalue weighted by atomic mass is 16.5. The number of carbonyl (C=O) groups excluding carboxylic acids is 1. The van der Waals surface area contributed by atoms with Crippen LogP contribution in [0.4, 0.5) is 0 Å². The van der Waals surface area contributed by atoms with Crippen LogP contribution in [0.1, 0.15) is 70.6 Å². The molecule has 0 bridgehead atoms. The van der Waals surface area contributed by atoms with E-state index in [4.69, 9.17) is 11.5 Å². The van der Waals surface area contributed by atoms with E-state index in [9.17, 15) is 4.79 Å². The lowest BCUT2D eigenvalue weighted by molar-refractivity contribution is -0.143. The summed E-state index contributed by atoms with van der Waals surface area (Å²) in [5.74, 6) is -0.169. The fraction of sp³-hybridized carbons (Fsp3) is 0.929. The van der Waals surface area contributed by atoms with Gasteiger partial charge in [-0.25, -0.2) is 0 Å². The molecule has 0 radical (unpaired) electrons. The molecule has 18 heavy (non-hydrogen) atoms. The molecule has 0 heterocycles. The summed E-state index contributed by atoms with van der Waals surface area (Å²) in [5, 5.41) is 0. The third-order valence-electron chi connectivity index (χ3n) is 3.08. The van der Waals surface area contributed by atoms with Crippen LogP contribution < -0.4 is 11.5 Å². The number of hydrogen-bond donors (Lipinski definition) is 2. The lowest BCUT2D eigenvalue weighted by Gasteiger charge is -2.03. The first-order chi connectivity index (χ1) is 8.81. The van der Waals surface area contributed by atoms with Crippen molar-refractivity contribution in [3.63, 3.8) is 0 Å². The van der Waals surface area contributed by atoms with Crippen LogP contribution in [0.2, 0.25) is 0 Å². The van der Waals surface area contributed by atoms with E-state index in [2.05, 4.69) is 4.74 Å². The van der Waals surface area contributed by atoms with Gasteiger partial charge in [-0.15, -0.1) is 0 Å². The number of unbranched alkanes of at least 4 members (excludes halogenated alkanes) is 9. The van der Waals surface area contributed by atoms with Crippen LogP contribution in [0, 0.1) is 0 Å². The standard InChI is InChI=1S/C14H30N2O2/c15-12-10-8-6-4-2-1-3-5-7-9-11-14(17)18-13-16/h1-13,15-16H2. The molecule has 0 aromatic heterocycles. The van der Waals surface area contributed by atoms with Crippen LogP contribution in [0.15, 0.2) is 0 Å². The molecule has 0 amide bonds. The fourth-order valence-corrected chi connectivity index (χ4v) is 1.99. The van der Waals surface area contributed by atoms with Gasteiger partial charge in [-0.05, 0) is 19.4 Å². The van der Waals surface area contributed by atoms with Crippen molar-refractivity contribution in [3.05, 3.63) is 0 Å². The molecule has 4 heteroatoms. The summed E-state index contributed by atoms with van der Waals surface area (Å²) >= 11 is 0. The lowest BCUT2D eigenvalue weighted by Crippen LogP contribution is -2.11. The molecule has 4 nitrogen and oxygen atoms in total. The minimum Gasteiger partial charge on any atom is -0.450 e. The van der Waals surface area contributed by atoms with Gasteiger partial charge < -0.3 is 10.5 Å². The number of carbonyl (C=O) groups is 1. The maximum absolute atomic E-state index is 11.0. The van der Waals surface area contributed by atoms with E-state index in [0.717, 1.165) is 19.4 Å². The van der Waals surface area contributed by atoms with Gasteiger partial charge in [0.25, 0.3) is 0 Å². The smallest absolute Gasteiger partial charge is 0.307 e. The minimum absolute atomic E-state index is 0.00297. The highest BCUT2D eigenvalue weighted by Gasteiger charge is 2.00. The first-order valence-electron chi connectivity index (χ1n) is 7.37. The molecule has 4 N–H and O–H groups in total. The molecule has 0 aromatic carbocycles. The van der Waals surface area contributed by atoms with Gasteiger partial charge in [0.2, 0.25) is 0 Å². The zero-order valence-electron chi connectivity index (χ0n) is 11.7. The molecular formula is C14H30N2O2. The van der Waals surface area contributed by atoms with Gasteiger partial charge in [0.1, 0.15) is 6.73 Å². The van der Waals surface area contributed by atoms with E-state index < -0.39 is 0 Å². The maximum atomic E-state index is 11.0. The van der Waals surface area contributed by atoms with Gasteiger partial charge in [0, 0.05) is 6.42 Å². The predicted octanol–water partition coefficient (Wildman–Crippen LogP) is 2.70. The zero-order valence-corrected chi connectivity index (χ0v) is 11.7. The molecule has 0 saturated heterocycles. The third-order valence-corrected chi connectivity index (χ3v) is 3.08. The molecule has 0 spiro atoms. The Labute approximate surface area is 111 Å². The molecule has 0 aliphatic carbocycles. The van der Waals surface area contributed by atoms with Gasteiger partial charge in [-0.3, -0.25) is 10.5 Å². The van der Waals surface area contributed by atoms with E-state index in [1.807, 2.05) is 0 Å². The fourth-order valence-electron chi connectivity index (χ4n) is 1.99. The maximum Gasteiger partial charge on any atom is 0.307 e. The molecule has 108 valence electrons. The predicted molar refractivity (Wildman–Crippen MR) is 75.0 cm³/mol. The second-order valence-electron chi connectivity index (χ2n) is 4.76. The SMILES string of the molecule is NCCCCCCCCCCCCC(=O)OCN. The summed E-state index contributed by atoms with van der Waals surface area (Å²) < 4.78 is 4.66. The summed E-state index contributed by atoms with van der Waals surface area (Å²) in [5.41, 5.74) is 10.5. The van der Waals surface area contributed by atoms with Gasteiger partial charge in [0.15, 0.2) is 0 Å². The zero-order chi connectivity index (χ0) is 13.5. The van der Waals surface area contributed by atoms with Crippen LogP contribution in [0.25, 0.3) is 0 Å². The second-order valence-corrected chi connectivity index (χ2v) is 4.76. The largest absolute Gasteiger partial charge is 0.450 e. The van der Waals surface area contributed by atoms with Crippen molar-refractivity contribution in [3.8, 4) is 0 Å². The van der Waals surface area contributed by atoms with Gasteiger partial charge >= 0.3 is 5.97 Å². The van der Waals surface area contributed by atoms with Gasteiger partial charge in [0.05, 0.1) is 0 Å². The Bertz CT molecular complexity index is 187. The average molecular weight is 258 g/mol. The number of rotatable bonds is 13. The van der Waals surface area contributed by atoms with Crippen LogP contribution >= 0.6 is 0 Å². The van der Waals surface area contributed by atoms with Gasteiger partial charge in [-0.2, -0.15) is 0 Å². The Balaban J connectivity index is 3.01. The monoisotopic (exact) mass is 258 g/mol. The van der Waals surface area contributed by atoms with Crippen molar-refractivity contribution in [2.24, 2.45) is 11.5 Å². The Hall–Kier alpha value is -0.610. The van der Waals surface area contributed by atoms with E-state index in [0.29, 0.717) is 6.42 Å². The lowest BCUT2D eigenvalue weighted by atomic mass is 10.1. The van der Waals surface area contributed by atoms with E-state index >= 15 is 0 Å². The number of esters is 1. The van der Waals surface area contributed by atoms with Crippen LogP contribution in [-0.4, -0.2) is 19.2 Å². The van der Waals surface area contributed by atoms with E-state index in [1.165, 1.54) is 51.4 Å². The first kappa shape index (κ1) is 17.4. The molecule has 0 aromatic rings. The van der Waals surface area contributed by atoms with E-state index in [1.54, 1.807) is 0 Å². The normalized spacial score (nSPS) is 10.6. The molecule has 0 aliphatic heterocycles. The summed E-state index contributed by atoms with van der Waals surface area (Å²) in [6, 6.07) is 0. The molecule has 0 saturated carbocycles. The van der Waals surface area contributed by atoms with Crippen LogP contribution in [-0.2, 0) is 9.53 Å². The molecule has 0 atom stereocenters. The topological polar surface area (TPSA) is 78.3 Å². The van der Waals surface area contributed by atoms with Crippen molar-refractivity contribution in [1.82, 2.24) is 0 Å². The summed E-state index contributed by atoms with van der Waals surface area (Å²) in [6.07, 6.45) is 12.8. The van der Waals surface area contributed by atoms with Crippen LogP contribution in [0.3, 0.4) is 0 Å². The van der Waals surface area contributed by atoms with Crippen molar-refractivity contribution in [2.75, 3.05) is 13.3 Å². The van der Waals surface area contributed by atoms with Gasteiger partial charge in [-0.1, -0.05) is 51.4 Å². The van der Waals surface area contributed by atoms with Crippen molar-refractivity contribution in [1.29, 1.82) is 0 Å². The third kappa shape index (κ3) is 13.5. The minimum atomic E-state index is -0.169. The van der Waals surface area contributed by atoms with Crippen LogP contribution in [0.5, 0.6) is 0 Å². The van der Waals surface area contributed by atoms with E-state index in [-0.39, 0.29) is 12.7 Å². The highest BCUT2D eigenvalue weighted by molar-refractivity contribution is 5.69. The number of ether oxygens (including phenoxy) is 1. The average Bonchev–Trinajstić information content (AvgIpc) is 2.36. The van der Waals surface area contributed by atoms with Crippen molar-refractivity contribution < 1.29 is 9.53 Å². The number of hydrogen-bond acceptors (Lipinski definition) is 4.